The predicted octanol–water partition coefficient (Wildman–Crippen LogP) is 12.2. The second-order valence-electron chi connectivity index (χ2n) is 14.9. The Kier molecular flexibility index (Phi) is 37.4. The third-order valence-corrected chi connectivity index (χ3v) is 9.01. The van der Waals surface area contributed by atoms with Crippen molar-refractivity contribution in [2.75, 3.05) is 13.2 Å². The van der Waals surface area contributed by atoms with Crippen molar-refractivity contribution in [2.24, 2.45) is 5.92 Å². The first-order valence-corrected chi connectivity index (χ1v) is 21.1. The number of ether oxygens (including phenoxy) is 2. The first kappa shape index (κ1) is 48.8. The average molecular weight is 717 g/mol. The molecule has 0 spiro atoms. The van der Waals surface area contributed by atoms with Crippen LogP contribution in [0.4, 0.5) is 0 Å². The van der Waals surface area contributed by atoms with Crippen LogP contribution in [-0.2, 0) is 19.1 Å². The van der Waals surface area contributed by atoms with E-state index in [1.807, 2.05) is 6.92 Å². The summed E-state index contributed by atoms with van der Waals surface area (Å²) in [6.45, 7) is 6.17. The first-order chi connectivity index (χ1) is 24.8. The van der Waals surface area contributed by atoms with Crippen LogP contribution in [0.25, 0.3) is 0 Å². The molecule has 0 bridgehead atoms. The second kappa shape index (κ2) is 39.0. The van der Waals surface area contributed by atoms with E-state index in [2.05, 4.69) is 62.5 Å². The van der Waals surface area contributed by atoms with Crippen molar-refractivity contribution in [1.82, 2.24) is 0 Å². The number of carbonyl (C=O) groups is 2. The molecule has 6 heteroatoms. The normalized spacial score (nSPS) is 13.4. The Morgan fingerprint density at radius 1 is 0.451 bits per heavy atom. The zero-order valence-electron chi connectivity index (χ0n) is 33.4. The van der Waals surface area contributed by atoms with Crippen LogP contribution < -0.4 is 0 Å². The minimum absolute atomic E-state index is 0.140. The quantitative estimate of drug-likeness (QED) is 0.0378. The van der Waals surface area contributed by atoms with Crippen LogP contribution in [0.5, 0.6) is 0 Å². The number of carbonyl (C=O) groups excluding carboxylic acids is 2. The van der Waals surface area contributed by atoms with E-state index in [1.165, 1.54) is 89.9 Å². The van der Waals surface area contributed by atoms with Crippen molar-refractivity contribution >= 4 is 11.9 Å². The third-order valence-electron chi connectivity index (χ3n) is 9.01. The summed E-state index contributed by atoms with van der Waals surface area (Å²) < 4.78 is 10.3. The molecule has 0 radical (unpaired) electrons. The van der Waals surface area contributed by atoms with Crippen LogP contribution in [0.2, 0.25) is 0 Å². The summed E-state index contributed by atoms with van der Waals surface area (Å²) in [6, 6.07) is 0. The van der Waals surface area contributed by atoms with E-state index in [-0.39, 0.29) is 31.3 Å². The minimum Gasteiger partial charge on any atom is -0.463 e. The van der Waals surface area contributed by atoms with Crippen molar-refractivity contribution in [3.63, 3.8) is 0 Å². The van der Waals surface area contributed by atoms with Crippen LogP contribution in [0.15, 0.2) is 48.6 Å². The van der Waals surface area contributed by atoms with E-state index < -0.39 is 6.10 Å². The number of allylic oxidation sites excluding steroid dienone is 8. The Morgan fingerprint density at radius 3 is 1.22 bits per heavy atom. The van der Waals surface area contributed by atoms with Gasteiger partial charge in [-0.3, -0.25) is 9.59 Å². The van der Waals surface area contributed by atoms with Crippen molar-refractivity contribution < 1.29 is 29.3 Å². The van der Waals surface area contributed by atoms with Gasteiger partial charge in [0.15, 0.2) is 0 Å². The van der Waals surface area contributed by atoms with E-state index in [4.69, 9.17) is 9.47 Å². The Balaban J connectivity index is 3.50. The van der Waals surface area contributed by atoms with Crippen LogP contribution in [0.1, 0.15) is 194 Å². The Morgan fingerprint density at radius 2 is 0.804 bits per heavy atom. The zero-order valence-corrected chi connectivity index (χ0v) is 33.4. The van der Waals surface area contributed by atoms with Crippen molar-refractivity contribution in [3.05, 3.63) is 48.6 Å². The third kappa shape index (κ3) is 42.1. The van der Waals surface area contributed by atoms with Gasteiger partial charge < -0.3 is 19.7 Å². The monoisotopic (exact) mass is 717 g/mol. The van der Waals surface area contributed by atoms with E-state index in [0.29, 0.717) is 19.3 Å². The van der Waals surface area contributed by atoms with Gasteiger partial charge >= 0.3 is 11.9 Å². The molecule has 0 unspecified atom stereocenters. The Labute approximate surface area is 314 Å². The van der Waals surface area contributed by atoms with Gasteiger partial charge in [0.2, 0.25) is 0 Å². The summed E-state index contributed by atoms with van der Waals surface area (Å²) in [5.41, 5.74) is 0. The van der Waals surface area contributed by atoms with Gasteiger partial charge in [-0.05, 0) is 70.6 Å². The standard InChI is InChI=1S/C45H80O6/c1-41(2)35-31-27-23-19-15-11-7-4-5-9-13-17-21-25-29-33-37-44(48)50-39-43(47)40-51-45(49)38-34-30-26-22-18-14-10-6-8-12-16-20-24-28-32-36-42(3)46/h8,10,12,14,20,22,24,26,41-43,46-47H,4-7,9,11,13,15-19,21,23,25,27-40H2,1-3H3/b12-8-,14-10-,24-20-,26-22-/t42-,43-/m1/s1. The fraction of sp³-hybridized carbons (Fsp3) is 0.778. The number of aliphatic hydroxyl groups is 2. The highest BCUT2D eigenvalue weighted by Crippen LogP contribution is 2.15. The SMILES string of the molecule is CC(C)CCCCCCCCCCCCCCCCCCC(=O)OC[C@@H](O)COC(=O)CCC/C=C\C/C=C\C/C=C\C/C=C\CCC[C@@H](C)O. The average Bonchev–Trinajstić information content (AvgIpc) is 3.10. The molecule has 0 rings (SSSR count). The van der Waals surface area contributed by atoms with E-state index >= 15 is 0 Å². The van der Waals surface area contributed by atoms with Crippen LogP contribution >= 0.6 is 0 Å². The molecule has 0 aliphatic heterocycles. The summed E-state index contributed by atoms with van der Waals surface area (Å²) in [6.07, 6.45) is 45.9. The lowest BCUT2D eigenvalue weighted by Gasteiger charge is -2.12. The lowest BCUT2D eigenvalue weighted by molar-refractivity contribution is -0.152. The molecule has 0 aliphatic rings. The molecule has 2 atom stereocenters. The number of hydrogen-bond acceptors (Lipinski definition) is 6. The van der Waals surface area contributed by atoms with Crippen LogP contribution in [-0.4, -0.2) is 47.6 Å². The highest BCUT2D eigenvalue weighted by atomic mass is 16.6. The van der Waals surface area contributed by atoms with E-state index in [9.17, 15) is 19.8 Å². The predicted molar refractivity (Wildman–Crippen MR) is 216 cm³/mol. The lowest BCUT2D eigenvalue weighted by Crippen LogP contribution is -2.25. The molecule has 0 fully saturated rings. The fourth-order valence-electron chi connectivity index (χ4n) is 5.81. The summed E-state index contributed by atoms with van der Waals surface area (Å²) >= 11 is 0. The molecular weight excluding hydrogens is 636 g/mol. The van der Waals surface area contributed by atoms with Gasteiger partial charge in [-0.25, -0.2) is 0 Å². The second-order valence-corrected chi connectivity index (χ2v) is 14.9. The number of unbranched alkanes of at least 4 members (excludes halogenated alkanes) is 17. The highest BCUT2D eigenvalue weighted by Gasteiger charge is 2.12. The lowest BCUT2D eigenvalue weighted by atomic mass is 10.0. The van der Waals surface area contributed by atoms with Crippen LogP contribution in [0.3, 0.4) is 0 Å². The maximum Gasteiger partial charge on any atom is 0.305 e. The molecule has 0 aromatic carbocycles. The summed E-state index contributed by atoms with van der Waals surface area (Å²) in [5, 5.41) is 19.3. The molecule has 2 N–H and O–H groups in total. The highest BCUT2D eigenvalue weighted by molar-refractivity contribution is 5.69. The molecule has 0 heterocycles. The molecule has 0 aliphatic carbocycles. The van der Waals surface area contributed by atoms with Gasteiger partial charge in [0, 0.05) is 12.8 Å². The maximum absolute atomic E-state index is 12.0. The number of hydrogen-bond donors (Lipinski definition) is 2. The summed E-state index contributed by atoms with van der Waals surface area (Å²) in [7, 11) is 0. The molecule has 0 saturated carbocycles. The number of aliphatic hydroxyl groups excluding tert-OH is 2. The molecule has 0 saturated heterocycles. The largest absolute Gasteiger partial charge is 0.463 e. The van der Waals surface area contributed by atoms with Gasteiger partial charge in [0.05, 0.1) is 6.10 Å². The van der Waals surface area contributed by atoms with Gasteiger partial charge in [-0.1, -0.05) is 165 Å². The van der Waals surface area contributed by atoms with Crippen molar-refractivity contribution in [2.45, 2.75) is 206 Å². The van der Waals surface area contributed by atoms with E-state index in [1.54, 1.807) is 0 Å². The van der Waals surface area contributed by atoms with Gasteiger partial charge in [0.1, 0.15) is 19.3 Å². The van der Waals surface area contributed by atoms with Crippen molar-refractivity contribution in [3.8, 4) is 0 Å². The Hall–Kier alpha value is -2.18. The molecule has 6 nitrogen and oxygen atoms in total. The Bertz CT molecular complexity index is 887. The molecular formula is C45H80O6. The molecule has 296 valence electrons. The number of rotatable bonds is 37. The molecule has 0 aromatic rings. The first-order valence-electron chi connectivity index (χ1n) is 21.1. The fourth-order valence-corrected chi connectivity index (χ4v) is 5.81. The molecule has 51 heavy (non-hydrogen) atoms. The topological polar surface area (TPSA) is 93.1 Å². The van der Waals surface area contributed by atoms with Crippen molar-refractivity contribution in [1.29, 1.82) is 0 Å². The smallest absolute Gasteiger partial charge is 0.305 e. The minimum atomic E-state index is -0.994. The summed E-state index contributed by atoms with van der Waals surface area (Å²) in [4.78, 5) is 24.0. The molecule has 0 amide bonds. The van der Waals surface area contributed by atoms with Gasteiger partial charge in [-0.15, -0.1) is 0 Å². The zero-order chi connectivity index (χ0) is 37.5. The van der Waals surface area contributed by atoms with Gasteiger partial charge in [0.25, 0.3) is 0 Å². The molecule has 0 aromatic heterocycles. The number of esters is 2. The van der Waals surface area contributed by atoms with Gasteiger partial charge in [-0.2, -0.15) is 0 Å². The van der Waals surface area contributed by atoms with Crippen LogP contribution in [0, 0.1) is 5.92 Å². The maximum atomic E-state index is 12.0. The summed E-state index contributed by atoms with van der Waals surface area (Å²) in [5.74, 6) is 0.212. The van der Waals surface area contributed by atoms with E-state index in [0.717, 1.165) is 70.1 Å².